The van der Waals surface area contributed by atoms with Crippen molar-refractivity contribution in [1.82, 2.24) is 10.4 Å². The predicted octanol–water partition coefficient (Wildman–Crippen LogP) is 1.47. The molecular formula is C23H26N2O5. The van der Waals surface area contributed by atoms with E-state index in [4.69, 9.17) is 14.7 Å². The molecule has 0 bridgehead atoms. The molecular weight excluding hydrogens is 384 g/mol. The first kappa shape index (κ1) is 22.0. The molecule has 1 heterocycles. The van der Waals surface area contributed by atoms with E-state index in [2.05, 4.69) is 28.9 Å². The Labute approximate surface area is 176 Å². The number of hydrogen-bond donors (Lipinski definition) is 3. The maximum atomic E-state index is 11.1. The van der Waals surface area contributed by atoms with E-state index in [1.807, 2.05) is 24.3 Å². The van der Waals surface area contributed by atoms with E-state index < -0.39 is 12.0 Å². The number of aliphatic hydroxyl groups excluding tert-OH is 1. The summed E-state index contributed by atoms with van der Waals surface area (Å²) >= 11 is 0. The Morgan fingerprint density at radius 3 is 2.23 bits per heavy atom. The third-order valence-electron chi connectivity index (χ3n) is 4.80. The van der Waals surface area contributed by atoms with E-state index in [1.54, 1.807) is 12.1 Å². The van der Waals surface area contributed by atoms with Crippen LogP contribution in [0.1, 0.15) is 28.4 Å². The van der Waals surface area contributed by atoms with E-state index in [1.165, 1.54) is 11.0 Å². The van der Waals surface area contributed by atoms with Crippen LogP contribution in [0, 0.1) is 11.8 Å². The highest BCUT2D eigenvalue weighted by atomic mass is 16.5. The summed E-state index contributed by atoms with van der Waals surface area (Å²) < 4.78 is 10.7. The second kappa shape index (κ2) is 11.5. The minimum atomic E-state index is -0.674. The molecule has 1 aliphatic rings. The van der Waals surface area contributed by atoms with Gasteiger partial charge in [0.1, 0.15) is 12.7 Å². The fraction of sp³-hybridized carbons (Fsp3) is 0.348. The summed E-state index contributed by atoms with van der Waals surface area (Å²) in [5, 5.41) is 18.0. The highest BCUT2D eigenvalue weighted by Gasteiger charge is 2.13. The van der Waals surface area contributed by atoms with Crippen molar-refractivity contribution in [1.29, 1.82) is 0 Å². The maximum absolute atomic E-state index is 11.1. The number of nitrogens with one attached hydrogen (secondary N) is 1. The van der Waals surface area contributed by atoms with Gasteiger partial charge in [0.15, 0.2) is 0 Å². The molecule has 1 saturated heterocycles. The van der Waals surface area contributed by atoms with Gasteiger partial charge in [-0.1, -0.05) is 36.1 Å². The van der Waals surface area contributed by atoms with Crippen LogP contribution >= 0.6 is 0 Å². The molecule has 0 spiro atoms. The number of hydrogen-bond acceptors (Lipinski definition) is 6. The summed E-state index contributed by atoms with van der Waals surface area (Å²) in [7, 11) is 0. The molecule has 0 aromatic heterocycles. The number of benzene rings is 2. The van der Waals surface area contributed by atoms with Gasteiger partial charge in [-0.05, 0) is 35.4 Å². The molecule has 1 fully saturated rings. The number of rotatable bonds is 7. The molecule has 0 aliphatic carbocycles. The molecule has 1 aliphatic heterocycles. The van der Waals surface area contributed by atoms with Crippen molar-refractivity contribution in [2.24, 2.45) is 0 Å². The lowest BCUT2D eigenvalue weighted by atomic mass is 10.1. The normalized spacial score (nSPS) is 15.1. The second-order valence-corrected chi connectivity index (χ2v) is 6.97. The molecule has 7 nitrogen and oxygen atoms in total. The molecule has 2 aromatic rings. The fourth-order valence-corrected chi connectivity index (χ4v) is 3.10. The first-order chi connectivity index (χ1) is 14.7. The average Bonchev–Trinajstić information content (AvgIpc) is 2.80. The molecule has 3 rings (SSSR count). The van der Waals surface area contributed by atoms with E-state index in [0.29, 0.717) is 0 Å². The molecule has 2 aromatic carbocycles. The van der Waals surface area contributed by atoms with Crippen LogP contribution in [0.25, 0.3) is 0 Å². The Morgan fingerprint density at radius 2 is 1.67 bits per heavy atom. The minimum absolute atomic E-state index is 0.277. The first-order valence-electron chi connectivity index (χ1n) is 9.84. The average molecular weight is 410 g/mol. The van der Waals surface area contributed by atoms with Crippen molar-refractivity contribution in [3.05, 3.63) is 70.8 Å². The molecule has 0 saturated carbocycles. The molecule has 0 unspecified atom stereocenters. The van der Waals surface area contributed by atoms with Gasteiger partial charge in [0, 0.05) is 30.8 Å². The summed E-state index contributed by atoms with van der Waals surface area (Å²) in [4.78, 5) is 13.4. The second-order valence-electron chi connectivity index (χ2n) is 6.97. The van der Waals surface area contributed by atoms with Crippen molar-refractivity contribution in [3.63, 3.8) is 0 Å². The van der Waals surface area contributed by atoms with Crippen LogP contribution in [0.4, 0.5) is 0 Å². The largest absolute Gasteiger partial charge is 0.393 e. The molecule has 7 heteroatoms. The topological polar surface area (TPSA) is 91.3 Å². The highest BCUT2D eigenvalue weighted by Crippen LogP contribution is 2.17. The summed E-state index contributed by atoms with van der Waals surface area (Å²) in [6.07, 6.45) is -0.650. The van der Waals surface area contributed by atoms with Crippen LogP contribution in [0.5, 0.6) is 0 Å². The summed E-state index contributed by atoms with van der Waals surface area (Å²) in [6, 6.07) is 15.5. The van der Waals surface area contributed by atoms with E-state index >= 15 is 0 Å². The van der Waals surface area contributed by atoms with E-state index in [-0.39, 0.29) is 13.2 Å². The molecule has 1 amide bonds. The quantitative estimate of drug-likeness (QED) is 0.364. The third kappa shape index (κ3) is 6.66. The van der Waals surface area contributed by atoms with Crippen molar-refractivity contribution >= 4 is 5.91 Å². The van der Waals surface area contributed by atoms with Gasteiger partial charge < -0.3 is 14.6 Å². The lowest BCUT2D eigenvalue weighted by Gasteiger charge is -2.26. The Hall–Kier alpha value is -2.73. The van der Waals surface area contributed by atoms with Gasteiger partial charge >= 0.3 is 0 Å². The zero-order chi connectivity index (χ0) is 21.2. The van der Waals surface area contributed by atoms with Crippen LogP contribution in [0.15, 0.2) is 48.5 Å². The number of amides is 1. The van der Waals surface area contributed by atoms with Gasteiger partial charge in [0.25, 0.3) is 5.91 Å². The van der Waals surface area contributed by atoms with Gasteiger partial charge in [0.2, 0.25) is 0 Å². The molecule has 1 atom stereocenters. The van der Waals surface area contributed by atoms with Crippen molar-refractivity contribution in [2.75, 3.05) is 39.5 Å². The van der Waals surface area contributed by atoms with E-state index in [0.717, 1.165) is 49.5 Å². The Morgan fingerprint density at radius 1 is 1.07 bits per heavy atom. The van der Waals surface area contributed by atoms with Gasteiger partial charge in [-0.3, -0.25) is 14.9 Å². The fourth-order valence-electron chi connectivity index (χ4n) is 3.10. The lowest BCUT2D eigenvalue weighted by molar-refractivity contribution is -0.137. The van der Waals surface area contributed by atoms with Crippen LogP contribution in [-0.4, -0.2) is 60.6 Å². The number of hydroxylamine groups is 1. The smallest absolute Gasteiger partial charge is 0.269 e. The molecule has 30 heavy (non-hydrogen) atoms. The SMILES string of the molecule is O=C(CO[C@@H](CO)c1ccc(C#Cc2ccc(CN3CCOCC3)cc2)cc1)NO. The molecule has 3 N–H and O–H groups in total. The van der Waals surface area contributed by atoms with Gasteiger partial charge in [-0.25, -0.2) is 5.48 Å². The molecule has 0 radical (unpaired) electrons. The number of carbonyl (C=O) groups excluding carboxylic acids is 1. The summed E-state index contributed by atoms with van der Waals surface area (Å²) in [6.45, 7) is 3.83. The standard InChI is InChI=1S/C23H26N2O5/c26-16-22(30-17-23(27)24-28)21-9-7-19(8-10-21)2-1-18-3-5-20(6-4-18)15-25-11-13-29-14-12-25/h3-10,22,26,28H,11-17H2,(H,24,27)/t22-/m0/s1. The number of nitrogens with zero attached hydrogens (tertiary/aromatic N) is 1. The van der Waals surface area contributed by atoms with Crippen LogP contribution in [0.2, 0.25) is 0 Å². The minimum Gasteiger partial charge on any atom is -0.393 e. The zero-order valence-electron chi connectivity index (χ0n) is 16.7. The van der Waals surface area contributed by atoms with Crippen LogP contribution in [-0.2, 0) is 20.8 Å². The number of aliphatic hydroxyl groups is 1. The van der Waals surface area contributed by atoms with Crippen molar-refractivity contribution in [3.8, 4) is 11.8 Å². The van der Waals surface area contributed by atoms with Crippen molar-refractivity contribution in [2.45, 2.75) is 12.6 Å². The first-order valence-corrected chi connectivity index (χ1v) is 9.84. The summed E-state index contributed by atoms with van der Waals surface area (Å²) in [5.41, 5.74) is 5.25. The Kier molecular flexibility index (Phi) is 8.39. The zero-order valence-corrected chi connectivity index (χ0v) is 16.7. The van der Waals surface area contributed by atoms with E-state index in [9.17, 15) is 9.90 Å². The van der Waals surface area contributed by atoms with Crippen molar-refractivity contribution < 1.29 is 24.6 Å². The highest BCUT2D eigenvalue weighted by molar-refractivity contribution is 5.75. The van der Waals surface area contributed by atoms with Gasteiger partial charge in [-0.2, -0.15) is 0 Å². The predicted molar refractivity (Wildman–Crippen MR) is 111 cm³/mol. The number of morpholine rings is 1. The third-order valence-corrected chi connectivity index (χ3v) is 4.80. The Bertz CT molecular complexity index is 865. The number of carbonyl (C=O) groups is 1. The van der Waals surface area contributed by atoms with Crippen LogP contribution < -0.4 is 5.48 Å². The number of ether oxygens (including phenoxy) is 2. The Balaban J connectivity index is 1.57. The van der Waals surface area contributed by atoms with Crippen LogP contribution in [0.3, 0.4) is 0 Å². The summed E-state index contributed by atoms with van der Waals surface area (Å²) in [5.74, 6) is 5.61. The maximum Gasteiger partial charge on any atom is 0.269 e. The lowest BCUT2D eigenvalue weighted by Crippen LogP contribution is -2.35. The van der Waals surface area contributed by atoms with Gasteiger partial charge in [-0.15, -0.1) is 0 Å². The molecule has 158 valence electrons. The van der Waals surface area contributed by atoms with Gasteiger partial charge in [0.05, 0.1) is 19.8 Å². The monoisotopic (exact) mass is 410 g/mol.